The summed E-state index contributed by atoms with van der Waals surface area (Å²) in [6, 6.07) is 10.8. The van der Waals surface area contributed by atoms with Crippen LogP contribution in [0.3, 0.4) is 0 Å². The van der Waals surface area contributed by atoms with E-state index in [1.165, 1.54) is 17.6 Å². The van der Waals surface area contributed by atoms with E-state index in [0.29, 0.717) is 11.3 Å². The molecule has 122 valence electrons. The molecule has 2 aromatic rings. The van der Waals surface area contributed by atoms with Crippen molar-refractivity contribution < 1.29 is 18.3 Å². The number of carbonyl (C=O) groups excluding carboxylic acids is 1. The lowest BCUT2D eigenvalue weighted by molar-refractivity contribution is 0.0600. The molecule has 0 saturated carbocycles. The number of esters is 1. The van der Waals surface area contributed by atoms with E-state index in [-0.39, 0.29) is 13.1 Å². The van der Waals surface area contributed by atoms with Crippen molar-refractivity contribution in [1.82, 2.24) is 9.29 Å². The minimum absolute atomic E-state index is 0.130. The molecular weight excluding hydrogens is 316 g/mol. The van der Waals surface area contributed by atoms with Crippen molar-refractivity contribution in [2.75, 3.05) is 7.11 Å². The second-order valence-corrected chi connectivity index (χ2v) is 5.98. The Labute approximate surface area is 137 Å². The molecule has 23 heavy (non-hydrogen) atoms. The molecule has 0 fully saturated rings. The van der Waals surface area contributed by atoms with Gasteiger partial charge in [0.25, 0.3) is 0 Å². The fraction of sp³-hybridized carbons (Fsp3) is 0.250. The summed E-state index contributed by atoms with van der Waals surface area (Å²) < 4.78 is 28.7. The minimum Gasteiger partial charge on any atom is -0.760 e. The SMILES string of the molecule is COC(=O)c1ccc(CN(Cc2cccc(C)c2)S(=O)[O-])nc1. The number of pyridine rings is 1. The molecule has 0 bridgehead atoms. The Morgan fingerprint density at radius 1 is 1.30 bits per heavy atom. The zero-order chi connectivity index (χ0) is 16.8. The van der Waals surface area contributed by atoms with Crippen LogP contribution in [0.5, 0.6) is 0 Å². The van der Waals surface area contributed by atoms with Gasteiger partial charge < -0.3 is 9.29 Å². The monoisotopic (exact) mass is 333 g/mol. The summed E-state index contributed by atoms with van der Waals surface area (Å²) in [6.45, 7) is 2.35. The highest BCUT2D eigenvalue weighted by molar-refractivity contribution is 7.76. The molecule has 0 spiro atoms. The molecule has 0 N–H and O–H groups in total. The molecule has 1 atom stereocenters. The van der Waals surface area contributed by atoms with Crippen LogP contribution in [-0.2, 0) is 29.1 Å². The van der Waals surface area contributed by atoms with Crippen LogP contribution in [-0.4, -0.2) is 31.1 Å². The van der Waals surface area contributed by atoms with Gasteiger partial charge in [0.15, 0.2) is 0 Å². The summed E-state index contributed by atoms with van der Waals surface area (Å²) >= 11 is -2.37. The Kier molecular flexibility index (Phi) is 5.97. The van der Waals surface area contributed by atoms with Gasteiger partial charge in [-0.15, -0.1) is 0 Å². The number of ether oxygens (including phenoxy) is 1. The molecule has 0 aliphatic carbocycles. The fourth-order valence-corrected chi connectivity index (χ4v) is 2.60. The van der Waals surface area contributed by atoms with Crippen molar-refractivity contribution in [3.8, 4) is 0 Å². The summed E-state index contributed by atoms with van der Waals surface area (Å²) in [5.74, 6) is -0.479. The van der Waals surface area contributed by atoms with Crippen LogP contribution >= 0.6 is 0 Å². The number of rotatable bonds is 6. The van der Waals surface area contributed by atoms with E-state index >= 15 is 0 Å². The van der Waals surface area contributed by atoms with Gasteiger partial charge in [-0.05, 0) is 24.6 Å². The molecular formula is C16H17N2O4S-. The van der Waals surface area contributed by atoms with Gasteiger partial charge in [-0.2, -0.15) is 0 Å². The lowest BCUT2D eigenvalue weighted by atomic mass is 10.1. The third kappa shape index (κ3) is 4.95. The molecule has 0 aliphatic heterocycles. The second-order valence-electron chi connectivity index (χ2n) is 5.03. The molecule has 7 heteroatoms. The predicted molar refractivity (Wildman–Crippen MR) is 84.9 cm³/mol. The van der Waals surface area contributed by atoms with Gasteiger partial charge in [0.05, 0.1) is 24.9 Å². The summed E-state index contributed by atoms with van der Waals surface area (Å²) in [4.78, 5) is 15.5. The molecule has 1 unspecified atom stereocenters. The Bertz CT molecular complexity index is 703. The van der Waals surface area contributed by atoms with Crippen LogP contribution in [0.1, 0.15) is 27.2 Å². The van der Waals surface area contributed by atoms with Gasteiger partial charge in [0.2, 0.25) is 0 Å². The molecule has 6 nitrogen and oxygen atoms in total. The molecule has 1 aromatic carbocycles. The number of hydrogen-bond acceptors (Lipinski definition) is 5. The van der Waals surface area contributed by atoms with Crippen LogP contribution < -0.4 is 0 Å². The quantitative estimate of drug-likeness (QED) is 0.596. The van der Waals surface area contributed by atoms with Crippen molar-refractivity contribution in [1.29, 1.82) is 0 Å². The van der Waals surface area contributed by atoms with Crippen molar-refractivity contribution >= 4 is 17.2 Å². The zero-order valence-electron chi connectivity index (χ0n) is 12.9. The minimum atomic E-state index is -2.37. The Balaban J connectivity index is 2.10. The van der Waals surface area contributed by atoms with Gasteiger partial charge in [0, 0.05) is 24.0 Å². The summed E-state index contributed by atoms with van der Waals surface area (Å²) in [7, 11) is 1.29. The van der Waals surface area contributed by atoms with Crippen molar-refractivity contribution in [2.45, 2.75) is 20.0 Å². The van der Waals surface area contributed by atoms with Gasteiger partial charge in [0.1, 0.15) is 0 Å². The summed E-state index contributed by atoms with van der Waals surface area (Å²) in [5.41, 5.74) is 2.85. The van der Waals surface area contributed by atoms with Crippen molar-refractivity contribution in [3.05, 3.63) is 65.0 Å². The molecule has 2 rings (SSSR count). The summed E-state index contributed by atoms with van der Waals surface area (Å²) in [5, 5.41) is 0. The maximum Gasteiger partial charge on any atom is 0.339 e. The van der Waals surface area contributed by atoms with Gasteiger partial charge >= 0.3 is 5.97 Å². The third-order valence-electron chi connectivity index (χ3n) is 3.24. The molecule has 1 aromatic heterocycles. The number of nitrogens with zero attached hydrogens (tertiary/aromatic N) is 2. The van der Waals surface area contributed by atoms with E-state index in [1.54, 1.807) is 12.1 Å². The van der Waals surface area contributed by atoms with Crippen molar-refractivity contribution in [2.24, 2.45) is 0 Å². The number of aryl methyl sites for hydroxylation is 1. The predicted octanol–water partition coefficient (Wildman–Crippen LogP) is 1.97. The molecule has 0 aliphatic rings. The maximum atomic E-state index is 11.4. The standard InChI is InChI=1S/C16H18N2O4S/c1-12-4-3-5-13(8-12)10-18(23(20)21)11-15-7-6-14(9-17-15)16(19)22-2/h3-9H,10-11H2,1-2H3,(H,20,21)/p-1. The Hall–Kier alpha value is -2.09. The zero-order valence-corrected chi connectivity index (χ0v) is 13.7. The summed E-state index contributed by atoms with van der Waals surface area (Å²) in [6.07, 6.45) is 1.37. The van der Waals surface area contributed by atoms with Gasteiger partial charge in [-0.1, -0.05) is 29.8 Å². The molecule has 0 saturated heterocycles. The Morgan fingerprint density at radius 3 is 2.65 bits per heavy atom. The van der Waals surface area contributed by atoms with Crippen LogP contribution in [0.15, 0.2) is 42.6 Å². The highest BCUT2D eigenvalue weighted by Gasteiger charge is 2.11. The first-order valence-electron chi connectivity index (χ1n) is 6.92. The lowest BCUT2D eigenvalue weighted by Crippen LogP contribution is -2.25. The lowest BCUT2D eigenvalue weighted by Gasteiger charge is -2.24. The third-order valence-corrected chi connectivity index (χ3v) is 3.92. The first kappa shape index (κ1) is 17.3. The van der Waals surface area contributed by atoms with Crippen LogP contribution in [0, 0.1) is 6.92 Å². The van der Waals surface area contributed by atoms with Crippen LogP contribution in [0.25, 0.3) is 0 Å². The van der Waals surface area contributed by atoms with E-state index < -0.39 is 17.2 Å². The van der Waals surface area contributed by atoms with Gasteiger partial charge in [-0.3, -0.25) is 9.19 Å². The molecule has 1 heterocycles. The number of hydrogen-bond donors (Lipinski definition) is 0. The average molecular weight is 333 g/mol. The van der Waals surface area contributed by atoms with Crippen LogP contribution in [0.2, 0.25) is 0 Å². The maximum absolute atomic E-state index is 11.4. The number of carbonyl (C=O) groups is 1. The van der Waals surface area contributed by atoms with E-state index in [2.05, 4.69) is 9.72 Å². The molecule has 0 radical (unpaired) electrons. The second kappa shape index (κ2) is 7.96. The van der Waals surface area contributed by atoms with E-state index in [1.807, 2.05) is 31.2 Å². The average Bonchev–Trinajstić information content (AvgIpc) is 2.54. The smallest absolute Gasteiger partial charge is 0.339 e. The topological polar surface area (TPSA) is 82.6 Å². The first-order valence-corrected chi connectivity index (χ1v) is 7.96. The Morgan fingerprint density at radius 2 is 2.09 bits per heavy atom. The fourth-order valence-electron chi connectivity index (χ4n) is 2.11. The number of aromatic nitrogens is 1. The highest BCUT2D eigenvalue weighted by atomic mass is 32.2. The number of methoxy groups -OCH3 is 1. The van der Waals surface area contributed by atoms with Crippen LogP contribution in [0.4, 0.5) is 0 Å². The van der Waals surface area contributed by atoms with E-state index in [9.17, 15) is 13.6 Å². The largest absolute Gasteiger partial charge is 0.760 e. The van der Waals surface area contributed by atoms with E-state index in [0.717, 1.165) is 11.1 Å². The first-order chi connectivity index (χ1) is 11.0. The normalized spacial score (nSPS) is 12.2. The highest BCUT2D eigenvalue weighted by Crippen LogP contribution is 2.12. The van der Waals surface area contributed by atoms with E-state index in [4.69, 9.17) is 0 Å². The van der Waals surface area contributed by atoms with Gasteiger partial charge in [-0.25, -0.2) is 9.10 Å². The number of benzene rings is 1. The van der Waals surface area contributed by atoms with Crippen molar-refractivity contribution in [3.63, 3.8) is 0 Å². The molecule has 0 amide bonds.